The van der Waals surface area contributed by atoms with E-state index in [0.717, 1.165) is 12.0 Å². The number of nitrogens with zero attached hydrogens (tertiary/aromatic N) is 1. The summed E-state index contributed by atoms with van der Waals surface area (Å²) in [5.41, 5.74) is 6.29. The van der Waals surface area contributed by atoms with Gasteiger partial charge >= 0.3 is 0 Å². The topological polar surface area (TPSA) is 63.4 Å². The van der Waals surface area contributed by atoms with Gasteiger partial charge in [-0.3, -0.25) is 0 Å². The first-order valence-corrected chi connectivity index (χ1v) is 8.44. The molecule has 5 heteroatoms. The molecule has 20 heavy (non-hydrogen) atoms. The first-order valence-electron chi connectivity index (χ1n) is 7.00. The Morgan fingerprint density at radius 1 is 1.25 bits per heavy atom. The molecule has 0 atom stereocenters. The van der Waals surface area contributed by atoms with Crippen LogP contribution in [0.2, 0.25) is 0 Å². The second-order valence-corrected chi connectivity index (χ2v) is 7.88. The molecule has 0 aromatic heterocycles. The van der Waals surface area contributed by atoms with Gasteiger partial charge in [0.15, 0.2) is 0 Å². The van der Waals surface area contributed by atoms with Crippen LogP contribution < -0.4 is 5.73 Å². The zero-order chi connectivity index (χ0) is 15.4. The zero-order valence-electron chi connectivity index (χ0n) is 12.9. The minimum absolute atomic E-state index is 0.231. The van der Waals surface area contributed by atoms with Crippen molar-refractivity contribution in [1.82, 2.24) is 4.31 Å². The van der Waals surface area contributed by atoms with Gasteiger partial charge in [0.25, 0.3) is 0 Å². The summed E-state index contributed by atoms with van der Waals surface area (Å²) < 4.78 is 27.2. The minimum Gasteiger partial charge on any atom is -0.330 e. The van der Waals surface area contributed by atoms with Crippen molar-refractivity contribution in [2.24, 2.45) is 11.1 Å². The fraction of sp³-hybridized carbons (Fsp3) is 0.600. The van der Waals surface area contributed by atoms with E-state index in [1.165, 1.54) is 0 Å². The van der Waals surface area contributed by atoms with Crippen LogP contribution in [0.5, 0.6) is 0 Å². The van der Waals surface area contributed by atoms with Crippen molar-refractivity contribution in [1.29, 1.82) is 0 Å². The smallest absolute Gasteiger partial charge is 0.243 e. The van der Waals surface area contributed by atoms with E-state index in [9.17, 15) is 8.42 Å². The van der Waals surface area contributed by atoms with Gasteiger partial charge in [-0.1, -0.05) is 39.0 Å². The van der Waals surface area contributed by atoms with E-state index in [0.29, 0.717) is 24.5 Å². The van der Waals surface area contributed by atoms with Crippen molar-refractivity contribution in [3.8, 4) is 0 Å². The molecule has 2 N–H and O–H groups in total. The molecular weight excluding hydrogens is 272 g/mol. The third kappa shape index (κ3) is 4.04. The Hall–Kier alpha value is -0.910. The van der Waals surface area contributed by atoms with Crippen LogP contribution in [-0.4, -0.2) is 32.4 Å². The predicted molar refractivity (Wildman–Crippen MR) is 83.1 cm³/mol. The molecule has 0 aliphatic heterocycles. The highest BCUT2D eigenvalue weighted by atomic mass is 32.2. The first-order chi connectivity index (χ1) is 9.24. The maximum atomic E-state index is 12.8. The van der Waals surface area contributed by atoms with Crippen LogP contribution in [0.4, 0.5) is 0 Å². The summed E-state index contributed by atoms with van der Waals surface area (Å²) in [6.45, 7) is 9.19. The third-order valence-corrected chi connectivity index (χ3v) is 5.35. The molecule has 0 aliphatic rings. The molecular formula is C15H26N2O2S. The van der Waals surface area contributed by atoms with Gasteiger partial charge in [0, 0.05) is 13.1 Å². The molecule has 1 rings (SSSR count). The summed E-state index contributed by atoms with van der Waals surface area (Å²) in [7, 11) is -3.46. The van der Waals surface area contributed by atoms with Crippen LogP contribution >= 0.6 is 0 Å². The number of nitrogens with two attached hydrogens (primary N) is 1. The van der Waals surface area contributed by atoms with Crippen molar-refractivity contribution < 1.29 is 8.42 Å². The van der Waals surface area contributed by atoms with Gasteiger partial charge in [-0.05, 0) is 36.9 Å². The molecule has 0 saturated heterocycles. The van der Waals surface area contributed by atoms with Crippen molar-refractivity contribution >= 4 is 10.0 Å². The predicted octanol–water partition coefficient (Wildman–Crippen LogP) is 2.38. The Morgan fingerprint density at radius 2 is 1.85 bits per heavy atom. The molecule has 0 bridgehead atoms. The van der Waals surface area contributed by atoms with Crippen molar-refractivity contribution in [3.63, 3.8) is 0 Å². The van der Waals surface area contributed by atoms with Crippen molar-refractivity contribution in [2.75, 3.05) is 19.6 Å². The van der Waals surface area contributed by atoms with Gasteiger partial charge in [0.2, 0.25) is 10.0 Å². The van der Waals surface area contributed by atoms with Gasteiger partial charge in [-0.15, -0.1) is 0 Å². The fourth-order valence-corrected chi connectivity index (χ4v) is 4.01. The monoisotopic (exact) mass is 298 g/mol. The molecule has 0 spiro atoms. The summed E-state index contributed by atoms with van der Waals surface area (Å²) in [5.74, 6) is 0. The maximum absolute atomic E-state index is 12.8. The SMILES string of the molecule is CCCN(CC(C)(C)CN)S(=O)(=O)c1ccccc1C. The highest BCUT2D eigenvalue weighted by molar-refractivity contribution is 7.89. The lowest BCUT2D eigenvalue weighted by molar-refractivity contribution is 0.266. The molecule has 1 aromatic carbocycles. The van der Waals surface area contributed by atoms with E-state index < -0.39 is 10.0 Å². The summed E-state index contributed by atoms with van der Waals surface area (Å²) in [4.78, 5) is 0.390. The molecule has 1 aromatic rings. The van der Waals surface area contributed by atoms with Gasteiger partial charge in [0.05, 0.1) is 4.90 Å². The van der Waals surface area contributed by atoms with E-state index in [1.807, 2.05) is 39.8 Å². The molecule has 0 saturated carbocycles. The molecule has 0 fully saturated rings. The van der Waals surface area contributed by atoms with Crippen molar-refractivity contribution in [2.45, 2.75) is 39.0 Å². The minimum atomic E-state index is -3.46. The standard InChI is InChI=1S/C15H26N2O2S/c1-5-10-17(12-15(3,4)11-16)20(18,19)14-9-7-6-8-13(14)2/h6-9H,5,10-12,16H2,1-4H3. The van der Waals surface area contributed by atoms with E-state index in [4.69, 9.17) is 5.73 Å². The normalized spacial score (nSPS) is 12.9. The van der Waals surface area contributed by atoms with Crippen molar-refractivity contribution in [3.05, 3.63) is 29.8 Å². The average Bonchev–Trinajstić information content (AvgIpc) is 2.38. The number of benzene rings is 1. The molecule has 0 radical (unpaired) electrons. The van der Waals surface area contributed by atoms with Crippen LogP contribution in [-0.2, 0) is 10.0 Å². The molecule has 4 nitrogen and oxygen atoms in total. The molecule has 0 heterocycles. The quantitative estimate of drug-likeness (QED) is 0.840. The number of hydrogen-bond donors (Lipinski definition) is 1. The molecule has 0 unspecified atom stereocenters. The lowest BCUT2D eigenvalue weighted by atomic mass is 9.94. The maximum Gasteiger partial charge on any atom is 0.243 e. The Kier molecular flexibility index (Phi) is 5.74. The van der Waals surface area contributed by atoms with Crippen LogP contribution in [0, 0.1) is 12.3 Å². The lowest BCUT2D eigenvalue weighted by Crippen LogP contribution is -2.42. The van der Waals surface area contributed by atoms with E-state index in [-0.39, 0.29) is 5.41 Å². The molecule has 0 aliphatic carbocycles. The number of sulfonamides is 1. The van der Waals surface area contributed by atoms with Gasteiger partial charge in [-0.25, -0.2) is 8.42 Å². The third-order valence-electron chi connectivity index (χ3n) is 3.34. The zero-order valence-corrected chi connectivity index (χ0v) is 13.7. The van der Waals surface area contributed by atoms with Crippen LogP contribution in [0.1, 0.15) is 32.8 Å². The summed E-state index contributed by atoms with van der Waals surface area (Å²) in [6, 6.07) is 7.11. The second kappa shape index (κ2) is 6.70. The Morgan fingerprint density at radius 3 is 2.35 bits per heavy atom. The molecule has 114 valence electrons. The first kappa shape index (κ1) is 17.1. The fourth-order valence-electron chi connectivity index (χ4n) is 2.06. The highest BCUT2D eigenvalue weighted by Crippen LogP contribution is 2.24. The highest BCUT2D eigenvalue weighted by Gasteiger charge is 2.30. The van der Waals surface area contributed by atoms with E-state index in [2.05, 4.69) is 0 Å². The summed E-state index contributed by atoms with van der Waals surface area (Å²) >= 11 is 0. The van der Waals surface area contributed by atoms with Crippen LogP contribution in [0.15, 0.2) is 29.2 Å². The van der Waals surface area contributed by atoms with E-state index in [1.54, 1.807) is 16.4 Å². The molecule has 0 amide bonds. The number of hydrogen-bond acceptors (Lipinski definition) is 3. The largest absolute Gasteiger partial charge is 0.330 e. The van der Waals surface area contributed by atoms with Crippen LogP contribution in [0.25, 0.3) is 0 Å². The lowest BCUT2D eigenvalue weighted by Gasteiger charge is -2.31. The number of aryl methyl sites for hydroxylation is 1. The Bertz CT molecular complexity index is 539. The summed E-state index contributed by atoms with van der Waals surface area (Å²) in [5, 5.41) is 0. The van der Waals surface area contributed by atoms with Gasteiger partial charge in [0.1, 0.15) is 0 Å². The Balaban J connectivity index is 3.17. The van der Waals surface area contributed by atoms with Gasteiger partial charge in [-0.2, -0.15) is 4.31 Å². The number of rotatable bonds is 7. The Labute approximate surface area is 123 Å². The average molecular weight is 298 g/mol. The van der Waals surface area contributed by atoms with Gasteiger partial charge < -0.3 is 5.73 Å². The van der Waals surface area contributed by atoms with Crippen LogP contribution in [0.3, 0.4) is 0 Å². The summed E-state index contributed by atoms with van der Waals surface area (Å²) in [6.07, 6.45) is 0.783. The second-order valence-electron chi connectivity index (χ2n) is 5.97. The van der Waals surface area contributed by atoms with E-state index >= 15 is 0 Å².